The second-order valence-corrected chi connectivity index (χ2v) is 9.27. The largest absolute Gasteiger partial charge is 0.490 e. The van der Waals surface area contributed by atoms with Crippen molar-refractivity contribution in [2.75, 3.05) is 26.2 Å². The van der Waals surface area contributed by atoms with E-state index in [0.717, 1.165) is 26.1 Å². The molecule has 0 unspecified atom stereocenters. The number of carboxylic acid groups (broad SMARTS) is 3. The summed E-state index contributed by atoms with van der Waals surface area (Å²) in [5.74, 6) is -7.33. The Morgan fingerprint density at radius 3 is 1.87 bits per heavy atom. The summed E-state index contributed by atoms with van der Waals surface area (Å²) < 4.78 is 101. The van der Waals surface area contributed by atoms with Crippen LogP contribution < -0.4 is 10.1 Å². The fourth-order valence-corrected chi connectivity index (χ4v) is 3.93. The number of hydrogen-bond donors (Lipinski definition) is 4. The van der Waals surface area contributed by atoms with Gasteiger partial charge in [0.25, 0.3) is 0 Å². The number of likely N-dealkylation sites (tertiary alicyclic amines) is 1. The third-order valence-corrected chi connectivity index (χ3v) is 6.05. The van der Waals surface area contributed by atoms with Crippen molar-refractivity contribution in [2.45, 2.75) is 31.5 Å². The SMILES string of the molecule is O=C(O)C(F)(F)F.O=C(O)C(F)(F)F.O=C(O)C(F)(F)F.O=C1NC[C@@H](COc2ccccn2)[C@]12CCN(Cc1cccnc1)C2. The molecule has 12 nitrogen and oxygen atoms in total. The molecule has 1 amide bonds. The van der Waals surface area contributed by atoms with E-state index in [4.69, 9.17) is 34.4 Å². The Morgan fingerprint density at radius 1 is 0.891 bits per heavy atom. The summed E-state index contributed by atoms with van der Waals surface area (Å²) in [5.41, 5.74) is 0.830. The van der Waals surface area contributed by atoms with E-state index in [0.29, 0.717) is 19.0 Å². The molecule has 2 aromatic rings. The molecule has 1 spiro atoms. The number of ether oxygens (including phenoxy) is 1. The second-order valence-electron chi connectivity index (χ2n) is 9.27. The van der Waals surface area contributed by atoms with Gasteiger partial charge in [0.05, 0.1) is 12.0 Å². The molecule has 2 aliphatic heterocycles. The van der Waals surface area contributed by atoms with Crippen LogP contribution in [0, 0.1) is 11.3 Å². The number of halogens is 9. The molecule has 2 aliphatic rings. The van der Waals surface area contributed by atoms with E-state index in [9.17, 15) is 44.3 Å². The number of nitrogens with zero attached hydrogens (tertiary/aromatic N) is 3. The van der Waals surface area contributed by atoms with Crippen molar-refractivity contribution in [2.24, 2.45) is 11.3 Å². The van der Waals surface area contributed by atoms with Crippen LogP contribution in [0.3, 0.4) is 0 Å². The molecule has 4 N–H and O–H groups in total. The summed E-state index contributed by atoms with van der Waals surface area (Å²) in [4.78, 5) is 50.0. The molecule has 46 heavy (non-hydrogen) atoms. The van der Waals surface area contributed by atoms with Crippen LogP contribution in [-0.4, -0.2) is 98.8 Å². The van der Waals surface area contributed by atoms with E-state index in [1.54, 1.807) is 12.4 Å². The van der Waals surface area contributed by atoms with Gasteiger partial charge in [-0.25, -0.2) is 19.4 Å². The number of amides is 1. The minimum Gasteiger partial charge on any atom is -0.477 e. The van der Waals surface area contributed by atoms with Crippen LogP contribution in [0.2, 0.25) is 0 Å². The first-order valence-electron chi connectivity index (χ1n) is 12.4. The highest BCUT2D eigenvalue weighted by Gasteiger charge is 2.54. The maximum atomic E-state index is 12.6. The number of pyridine rings is 2. The molecule has 2 fully saturated rings. The topological polar surface area (TPSA) is 179 Å². The van der Waals surface area contributed by atoms with E-state index in [-0.39, 0.29) is 17.2 Å². The lowest BCUT2D eigenvalue weighted by Crippen LogP contribution is -2.40. The summed E-state index contributed by atoms with van der Waals surface area (Å²) in [7, 11) is 0. The first kappa shape index (κ1) is 39.3. The fourth-order valence-electron chi connectivity index (χ4n) is 3.93. The van der Waals surface area contributed by atoms with E-state index in [2.05, 4.69) is 26.3 Å². The van der Waals surface area contributed by atoms with Gasteiger partial charge in [-0.2, -0.15) is 39.5 Å². The molecular weight excluding hydrogens is 655 g/mol. The Bertz CT molecular complexity index is 1240. The average molecular weight is 680 g/mol. The van der Waals surface area contributed by atoms with Gasteiger partial charge in [0.2, 0.25) is 11.8 Å². The van der Waals surface area contributed by atoms with Crippen molar-refractivity contribution in [1.82, 2.24) is 20.2 Å². The van der Waals surface area contributed by atoms with Gasteiger partial charge in [-0.05, 0) is 30.7 Å². The summed E-state index contributed by atoms with van der Waals surface area (Å²) in [6.07, 6.45) is -8.99. The molecule has 0 aliphatic carbocycles. The van der Waals surface area contributed by atoms with Crippen LogP contribution in [0.5, 0.6) is 5.88 Å². The van der Waals surface area contributed by atoms with Gasteiger partial charge in [0.15, 0.2) is 0 Å². The molecule has 0 saturated carbocycles. The van der Waals surface area contributed by atoms with Gasteiger partial charge >= 0.3 is 36.4 Å². The molecule has 256 valence electrons. The first-order chi connectivity index (χ1) is 21.1. The molecule has 0 aromatic carbocycles. The number of alkyl halides is 9. The zero-order chi connectivity index (χ0) is 35.3. The summed E-state index contributed by atoms with van der Waals surface area (Å²) in [5, 5.41) is 24.4. The molecule has 2 saturated heterocycles. The van der Waals surface area contributed by atoms with Crippen LogP contribution in [0.1, 0.15) is 12.0 Å². The summed E-state index contributed by atoms with van der Waals surface area (Å²) in [6.45, 7) is 3.70. The number of aromatic nitrogens is 2. The Balaban J connectivity index is 0.000000413. The molecule has 21 heteroatoms. The quantitative estimate of drug-likeness (QED) is 0.340. The summed E-state index contributed by atoms with van der Waals surface area (Å²) in [6, 6.07) is 9.64. The fraction of sp³-hybridized carbons (Fsp3) is 0.440. The number of aliphatic carboxylic acids is 3. The molecule has 0 radical (unpaired) electrons. The molecule has 2 aromatic heterocycles. The van der Waals surface area contributed by atoms with Crippen molar-refractivity contribution < 1.29 is 78.7 Å². The third-order valence-electron chi connectivity index (χ3n) is 6.05. The standard InChI is InChI=1S/C19H22N4O2.3C2HF3O2/c24-18-19(6-9-23(14-19)12-15-4-3-7-20-10-15)16(11-22-18)13-25-17-5-1-2-8-21-17;3*3-2(4,5)1(6)7/h1-5,7-8,10,16H,6,9,11-14H2,(H,22,24);3*(H,6,7)/t16-,19+;;;/m0.../s1. The van der Waals surface area contributed by atoms with Crippen LogP contribution in [0.25, 0.3) is 0 Å². The van der Waals surface area contributed by atoms with Crippen LogP contribution in [0.4, 0.5) is 39.5 Å². The number of carbonyl (C=O) groups is 4. The number of rotatable bonds is 5. The van der Waals surface area contributed by atoms with Crippen LogP contribution in [0.15, 0.2) is 48.9 Å². The molecule has 4 heterocycles. The van der Waals surface area contributed by atoms with Crippen molar-refractivity contribution in [3.63, 3.8) is 0 Å². The lowest BCUT2D eigenvalue weighted by molar-refractivity contribution is -0.193. The minimum absolute atomic E-state index is 0.163. The molecular formula is C25H25F9N4O8. The molecule has 2 atom stereocenters. The van der Waals surface area contributed by atoms with Gasteiger partial charge in [-0.3, -0.25) is 14.7 Å². The van der Waals surface area contributed by atoms with Gasteiger partial charge in [-0.1, -0.05) is 12.1 Å². The maximum Gasteiger partial charge on any atom is 0.490 e. The third kappa shape index (κ3) is 13.1. The zero-order valence-electron chi connectivity index (χ0n) is 23.1. The van der Waals surface area contributed by atoms with Gasteiger partial charge in [-0.15, -0.1) is 0 Å². The zero-order valence-corrected chi connectivity index (χ0v) is 23.1. The highest BCUT2D eigenvalue weighted by atomic mass is 19.4. The highest BCUT2D eigenvalue weighted by Crippen LogP contribution is 2.42. The Hall–Kier alpha value is -4.69. The first-order valence-corrected chi connectivity index (χ1v) is 12.4. The van der Waals surface area contributed by atoms with Gasteiger partial charge in [0.1, 0.15) is 0 Å². The minimum atomic E-state index is -5.08. The Labute approximate surface area is 252 Å². The normalized spacial score (nSPS) is 19.3. The smallest absolute Gasteiger partial charge is 0.477 e. The highest BCUT2D eigenvalue weighted by molar-refractivity contribution is 5.86. The van der Waals surface area contributed by atoms with Gasteiger partial charge in [0, 0.05) is 50.2 Å². The van der Waals surface area contributed by atoms with Crippen LogP contribution >= 0.6 is 0 Å². The number of carboxylic acids is 3. The predicted molar refractivity (Wildman–Crippen MR) is 134 cm³/mol. The van der Waals surface area contributed by atoms with E-state index < -0.39 is 36.4 Å². The summed E-state index contributed by atoms with van der Waals surface area (Å²) >= 11 is 0. The molecule has 4 rings (SSSR count). The monoisotopic (exact) mass is 680 g/mol. The molecule has 0 bridgehead atoms. The lowest BCUT2D eigenvalue weighted by atomic mass is 9.77. The second kappa shape index (κ2) is 16.6. The number of hydrogen-bond acceptors (Lipinski definition) is 8. The Kier molecular flexibility index (Phi) is 14.2. The number of carbonyl (C=O) groups excluding carboxylic acids is 1. The van der Waals surface area contributed by atoms with E-state index in [1.807, 2.05) is 30.5 Å². The van der Waals surface area contributed by atoms with Crippen molar-refractivity contribution in [1.29, 1.82) is 0 Å². The van der Waals surface area contributed by atoms with Crippen molar-refractivity contribution >= 4 is 23.8 Å². The van der Waals surface area contributed by atoms with Gasteiger partial charge < -0.3 is 25.4 Å². The lowest BCUT2D eigenvalue weighted by Gasteiger charge is -2.28. The van der Waals surface area contributed by atoms with E-state index in [1.165, 1.54) is 5.56 Å². The van der Waals surface area contributed by atoms with Crippen molar-refractivity contribution in [3.8, 4) is 5.88 Å². The maximum absolute atomic E-state index is 12.6. The Morgan fingerprint density at radius 2 is 1.43 bits per heavy atom. The van der Waals surface area contributed by atoms with Crippen LogP contribution in [-0.2, 0) is 25.7 Å². The van der Waals surface area contributed by atoms with Crippen molar-refractivity contribution in [3.05, 3.63) is 54.5 Å². The average Bonchev–Trinajstić information content (AvgIpc) is 3.51. The number of nitrogens with one attached hydrogen (secondary N) is 1. The predicted octanol–water partition coefficient (Wildman–Crippen LogP) is 3.39. The van der Waals surface area contributed by atoms with E-state index >= 15 is 0 Å².